The summed E-state index contributed by atoms with van der Waals surface area (Å²) in [4.78, 5) is 23.8. The third-order valence-corrected chi connectivity index (χ3v) is 2.03. The molecule has 0 spiro atoms. The molecule has 1 heterocycles. The Morgan fingerprint density at radius 1 is 1.69 bits per heavy atom. The molecule has 0 bridgehead atoms. The summed E-state index contributed by atoms with van der Waals surface area (Å²) >= 11 is 0. The molecule has 1 fully saturated rings. The summed E-state index contributed by atoms with van der Waals surface area (Å²) in [7, 11) is 0. The van der Waals surface area contributed by atoms with Gasteiger partial charge in [-0.1, -0.05) is 6.58 Å². The predicted molar refractivity (Wildman–Crippen MR) is 49.4 cm³/mol. The van der Waals surface area contributed by atoms with Gasteiger partial charge < -0.3 is 10.2 Å². The fourth-order valence-corrected chi connectivity index (χ4v) is 1.17. The summed E-state index contributed by atoms with van der Waals surface area (Å²) in [5, 5.41) is 2.68. The number of hydrogen-bond acceptors (Lipinski definition) is 2. The van der Waals surface area contributed by atoms with Gasteiger partial charge in [0.1, 0.15) is 0 Å². The predicted octanol–water partition coefficient (Wildman–Crippen LogP) is 0.547. The maximum absolute atomic E-state index is 11.1. The lowest BCUT2D eigenvalue weighted by molar-refractivity contribution is -0.115. The van der Waals surface area contributed by atoms with Crippen molar-refractivity contribution in [1.29, 1.82) is 0 Å². The van der Waals surface area contributed by atoms with E-state index in [9.17, 15) is 9.59 Å². The molecule has 1 rings (SSSR count). The van der Waals surface area contributed by atoms with Gasteiger partial charge in [-0.15, -0.1) is 0 Å². The van der Waals surface area contributed by atoms with E-state index in [1.807, 2.05) is 0 Å². The number of hydrogen-bond donors (Lipinski definition) is 1. The summed E-state index contributed by atoms with van der Waals surface area (Å²) in [6.07, 6.45) is 0.378. The molecule has 0 radical (unpaired) electrons. The second kappa shape index (κ2) is 4.07. The molecule has 2 amide bonds. The molecule has 13 heavy (non-hydrogen) atoms. The third kappa shape index (κ3) is 2.57. The van der Waals surface area contributed by atoms with Gasteiger partial charge in [-0.2, -0.15) is 0 Å². The normalized spacial score (nSPS) is 15.8. The van der Waals surface area contributed by atoms with Crippen molar-refractivity contribution in [3.63, 3.8) is 0 Å². The molecule has 0 atom stereocenters. The molecule has 4 nitrogen and oxygen atoms in total. The molecule has 1 aliphatic heterocycles. The number of nitrogens with one attached hydrogen (secondary N) is 1. The Kier molecular flexibility index (Phi) is 3.06. The van der Waals surface area contributed by atoms with Crippen molar-refractivity contribution >= 4 is 11.8 Å². The summed E-state index contributed by atoms with van der Waals surface area (Å²) in [6, 6.07) is -0.0745. The number of carbonyl (C=O) groups excluding carboxylic acids is 2. The summed E-state index contributed by atoms with van der Waals surface area (Å²) in [5.74, 6) is 0.0275. The largest absolute Gasteiger partial charge is 0.336 e. The second-order valence-electron chi connectivity index (χ2n) is 3.17. The molecule has 0 aliphatic carbocycles. The molecule has 0 saturated carbocycles. The van der Waals surface area contributed by atoms with Gasteiger partial charge in [-0.05, 0) is 12.5 Å². The maximum atomic E-state index is 11.1. The number of Topliss-reactive ketones (excluding diaryl/α,β-unsaturated/α-hetero) is 1. The van der Waals surface area contributed by atoms with Gasteiger partial charge in [0, 0.05) is 26.1 Å². The highest BCUT2D eigenvalue weighted by molar-refractivity contribution is 5.94. The van der Waals surface area contributed by atoms with Crippen LogP contribution in [0.4, 0.5) is 4.79 Å². The summed E-state index contributed by atoms with van der Waals surface area (Å²) in [6.45, 7) is 7.11. The Labute approximate surface area is 77.6 Å². The molecular formula is C9H14N2O2. The molecule has 4 heteroatoms. The Bertz CT molecular complexity index is 248. The zero-order valence-corrected chi connectivity index (χ0v) is 7.80. The minimum absolute atomic E-state index is 0.0275. The Morgan fingerprint density at radius 3 is 2.85 bits per heavy atom. The van der Waals surface area contributed by atoms with Gasteiger partial charge in [0.05, 0.1) is 0 Å². The third-order valence-electron chi connectivity index (χ3n) is 2.03. The van der Waals surface area contributed by atoms with Crippen LogP contribution in [0.15, 0.2) is 12.2 Å². The van der Waals surface area contributed by atoms with Crippen molar-refractivity contribution in [1.82, 2.24) is 10.2 Å². The standard InChI is InChI=1S/C9H14N2O2/c1-7(2)8(12)3-5-11-6-4-10-9(11)13/h1,3-6H2,2H3,(H,10,13). The van der Waals surface area contributed by atoms with Crippen LogP contribution in [0, 0.1) is 0 Å². The number of nitrogens with zero attached hydrogens (tertiary/aromatic N) is 1. The highest BCUT2D eigenvalue weighted by atomic mass is 16.2. The van der Waals surface area contributed by atoms with E-state index in [0.717, 1.165) is 0 Å². The van der Waals surface area contributed by atoms with Crippen LogP contribution in [0.1, 0.15) is 13.3 Å². The van der Waals surface area contributed by atoms with E-state index >= 15 is 0 Å². The van der Waals surface area contributed by atoms with E-state index in [1.165, 1.54) is 0 Å². The SMILES string of the molecule is C=C(C)C(=O)CCN1CCNC1=O. The van der Waals surface area contributed by atoms with E-state index in [1.54, 1.807) is 11.8 Å². The lowest BCUT2D eigenvalue weighted by Crippen LogP contribution is -2.30. The number of rotatable bonds is 4. The Balaban J connectivity index is 2.30. The van der Waals surface area contributed by atoms with Crippen LogP contribution in [-0.4, -0.2) is 36.3 Å². The maximum Gasteiger partial charge on any atom is 0.317 e. The van der Waals surface area contributed by atoms with Crippen molar-refractivity contribution in [2.24, 2.45) is 0 Å². The van der Waals surface area contributed by atoms with Gasteiger partial charge in [-0.3, -0.25) is 4.79 Å². The zero-order valence-electron chi connectivity index (χ0n) is 7.80. The monoisotopic (exact) mass is 182 g/mol. The molecule has 0 aromatic heterocycles. The minimum Gasteiger partial charge on any atom is -0.336 e. The average molecular weight is 182 g/mol. The van der Waals surface area contributed by atoms with E-state index < -0.39 is 0 Å². The van der Waals surface area contributed by atoms with Gasteiger partial charge in [0.2, 0.25) is 0 Å². The first-order valence-corrected chi connectivity index (χ1v) is 4.32. The first-order chi connectivity index (χ1) is 6.11. The van der Waals surface area contributed by atoms with Crippen LogP contribution in [0.5, 0.6) is 0 Å². The van der Waals surface area contributed by atoms with E-state index in [-0.39, 0.29) is 11.8 Å². The number of ketones is 1. The van der Waals surface area contributed by atoms with Crippen LogP contribution < -0.4 is 5.32 Å². The lowest BCUT2D eigenvalue weighted by atomic mass is 10.1. The van der Waals surface area contributed by atoms with Crippen molar-refractivity contribution in [2.75, 3.05) is 19.6 Å². The Morgan fingerprint density at radius 2 is 2.38 bits per heavy atom. The smallest absolute Gasteiger partial charge is 0.317 e. The van der Waals surface area contributed by atoms with Crippen LogP contribution in [0.2, 0.25) is 0 Å². The van der Waals surface area contributed by atoms with Gasteiger partial charge >= 0.3 is 6.03 Å². The Hall–Kier alpha value is -1.32. The molecular weight excluding hydrogens is 168 g/mol. The van der Waals surface area contributed by atoms with Gasteiger partial charge in [-0.25, -0.2) is 4.79 Å². The lowest BCUT2D eigenvalue weighted by Gasteiger charge is -2.12. The molecule has 1 aliphatic rings. The van der Waals surface area contributed by atoms with Crippen LogP contribution in [0.3, 0.4) is 0 Å². The topological polar surface area (TPSA) is 49.4 Å². The number of urea groups is 1. The summed E-state index contributed by atoms with van der Waals surface area (Å²) in [5.41, 5.74) is 0.555. The molecule has 0 aromatic carbocycles. The highest BCUT2D eigenvalue weighted by Gasteiger charge is 2.19. The zero-order chi connectivity index (χ0) is 9.84. The molecule has 0 unspecified atom stereocenters. The van der Waals surface area contributed by atoms with Gasteiger partial charge in [0.15, 0.2) is 5.78 Å². The fraction of sp³-hybridized carbons (Fsp3) is 0.556. The minimum atomic E-state index is -0.0745. The number of allylic oxidation sites excluding steroid dienone is 1. The highest BCUT2D eigenvalue weighted by Crippen LogP contribution is 2.01. The quantitative estimate of drug-likeness (QED) is 0.645. The molecule has 1 saturated heterocycles. The number of carbonyl (C=O) groups is 2. The van der Waals surface area contributed by atoms with Crippen LogP contribution >= 0.6 is 0 Å². The van der Waals surface area contributed by atoms with Crippen molar-refractivity contribution in [2.45, 2.75) is 13.3 Å². The molecule has 0 aromatic rings. The number of amides is 2. The molecule has 1 N–H and O–H groups in total. The van der Waals surface area contributed by atoms with Crippen LogP contribution in [0.25, 0.3) is 0 Å². The van der Waals surface area contributed by atoms with Crippen molar-refractivity contribution in [3.8, 4) is 0 Å². The fourth-order valence-electron chi connectivity index (χ4n) is 1.17. The van der Waals surface area contributed by atoms with Crippen molar-refractivity contribution in [3.05, 3.63) is 12.2 Å². The summed E-state index contributed by atoms with van der Waals surface area (Å²) < 4.78 is 0. The van der Waals surface area contributed by atoms with Gasteiger partial charge in [0.25, 0.3) is 0 Å². The average Bonchev–Trinajstić information content (AvgIpc) is 2.47. The van der Waals surface area contributed by atoms with Crippen molar-refractivity contribution < 1.29 is 9.59 Å². The second-order valence-corrected chi connectivity index (χ2v) is 3.17. The first kappa shape index (κ1) is 9.77. The first-order valence-electron chi connectivity index (χ1n) is 4.32. The molecule has 72 valence electrons. The van der Waals surface area contributed by atoms with E-state index in [2.05, 4.69) is 11.9 Å². The van der Waals surface area contributed by atoms with Crippen LogP contribution in [-0.2, 0) is 4.79 Å². The van der Waals surface area contributed by atoms with E-state index in [0.29, 0.717) is 31.6 Å². The van der Waals surface area contributed by atoms with E-state index in [4.69, 9.17) is 0 Å².